The number of nitrogens with zero attached hydrogens (tertiary/aromatic N) is 1. The van der Waals surface area contributed by atoms with E-state index < -0.39 is 0 Å². The highest BCUT2D eigenvalue weighted by Gasteiger charge is 2.33. The molecule has 0 radical (unpaired) electrons. The number of methoxy groups -OCH3 is 2. The molecule has 31 heavy (non-hydrogen) atoms. The molecule has 1 atom stereocenters. The first-order chi connectivity index (χ1) is 15.1. The van der Waals surface area contributed by atoms with Crippen LogP contribution in [0.2, 0.25) is 0 Å². The van der Waals surface area contributed by atoms with Crippen molar-refractivity contribution in [1.82, 2.24) is 4.90 Å². The first-order valence-corrected chi connectivity index (χ1v) is 11.4. The van der Waals surface area contributed by atoms with Crippen LogP contribution in [-0.4, -0.2) is 37.3 Å². The van der Waals surface area contributed by atoms with E-state index in [1.54, 1.807) is 26.0 Å². The van der Waals surface area contributed by atoms with E-state index in [1.165, 1.54) is 11.1 Å². The van der Waals surface area contributed by atoms with Crippen molar-refractivity contribution in [3.8, 4) is 11.5 Å². The SMILES string of the molecule is COc1cc2c(cc1OC)C(c1ccccc1)N(C(=O)CSc1ccccc1C)CC2. The lowest BCUT2D eigenvalue weighted by Gasteiger charge is -2.38. The van der Waals surface area contributed by atoms with Crippen molar-refractivity contribution in [3.63, 3.8) is 0 Å². The zero-order valence-electron chi connectivity index (χ0n) is 18.1. The minimum absolute atomic E-state index is 0.141. The van der Waals surface area contributed by atoms with Gasteiger partial charge in [-0.3, -0.25) is 4.79 Å². The standard InChI is InChI=1S/C26H27NO3S/c1-18-9-7-8-12-24(18)31-17-25(28)27-14-13-20-15-22(29-2)23(30-3)16-21(20)26(27)19-10-5-4-6-11-19/h4-12,15-16,26H,13-14,17H2,1-3H3. The van der Waals surface area contributed by atoms with Crippen molar-refractivity contribution in [1.29, 1.82) is 0 Å². The highest BCUT2D eigenvalue weighted by atomic mass is 32.2. The van der Waals surface area contributed by atoms with E-state index in [4.69, 9.17) is 9.47 Å². The number of aryl methyl sites for hydroxylation is 1. The molecule has 4 nitrogen and oxygen atoms in total. The Kier molecular flexibility index (Phi) is 6.52. The van der Waals surface area contributed by atoms with Crippen LogP contribution >= 0.6 is 11.8 Å². The van der Waals surface area contributed by atoms with E-state index in [9.17, 15) is 4.79 Å². The van der Waals surface area contributed by atoms with E-state index in [0.29, 0.717) is 18.0 Å². The van der Waals surface area contributed by atoms with Gasteiger partial charge in [-0.05, 0) is 53.8 Å². The van der Waals surface area contributed by atoms with Gasteiger partial charge in [-0.15, -0.1) is 11.8 Å². The Bertz CT molecular complexity index is 1070. The van der Waals surface area contributed by atoms with Crippen LogP contribution in [0.15, 0.2) is 71.6 Å². The van der Waals surface area contributed by atoms with Gasteiger partial charge in [-0.25, -0.2) is 0 Å². The van der Waals surface area contributed by atoms with E-state index >= 15 is 0 Å². The summed E-state index contributed by atoms with van der Waals surface area (Å²) in [6, 6.07) is 22.4. The molecule has 0 spiro atoms. The average molecular weight is 434 g/mol. The minimum atomic E-state index is -0.144. The van der Waals surface area contributed by atoms with Crippen molar-refractivity contribution < 1.29 is 14.3 Å². The van der Waals surface area contributed by atoms with Gasteiger partial charge in [0.25, 0.3) is 0 Å². The van der Waals surface area contributed by atoms with Crippen LogP contribution in [0.4, 0.5) is 0 Å². The van der Waals surface area contributed by atoms with Crippen molar-refractivity contribution in [2.24, 2.45) is 0 Å². The molecule has 0 bridgehead atoms. The molecule has 1 amide bonds. The predicted molar refractivity (Wildman–Crippen MR) is 125 cm³/mol. The lowest BCUT2D eigenvalue weighted by atomic mass is 9.87. The maximum absolute atomic E-state index is 13.4. The molecule has 160 valence electrons. The number of fused-ring (bicyclic) bond motifs is 1. The molecule has 3 aromatic rings. The number of thioether (sulfide) groups is 1. The fraction of sp³-hybridized carbons (Fsp3) is 0.269. The number of carbonyl (C=O) groups is 1. The van der Waals surface area contributed by atoms with Gasteiger partial charge in [-0.2, -0.15) is 0 Å². The van der Waals surface area contributed by atoms with Gasteiger partial charge in [0.1, 0.15) is 0 Å². The summed E-state index contributed by atoms with van der Waals surface area (Å²) in [7, 11) is 3.30. The van der Waals surface area contributed by atoms with E-state index in [1.807, 2.05) is 47.4 Å². The Labute approximate surface area is 188 Å². The Morgan fingerprint density at radius 3 is 2.39 bits per heavy atom. The van der Waals surface area contributed by atoms with Gasteiger partial charge in [0.2, 0.25) is 5.91 Å². The van der Waals surface area contributed by atoms with E-state index in [2.05, 4.69) is 31.2 Å². The highest BCUT2D eigenvalue weighted by molar-refractivity contribution is 8.00. The van der Waals surface area contributed by atoms with Crippen LogP contribution in [-0.2, 0) is 11.2 Å². The fourth-order valence-corrected chi connectivity index (χ4v) is 5.07. The molecule has 0 aromatic heterocycles. The van der Waals surface area contributed by atoms with Crippen LogP contribution in [0.1, 0.15) is 28.3 Å². The van der Waals surface area contributed by atoms with Gasteiger partial charge in [-0.1, -0.05) is 48.5 Å². The summed E-state index contributed by atoms with van der Waals surface area (Å²) in [5.41, 5.74) is 4.59. The van der Waals surface area contributed by atoms with Crippen LogP contribution < -0.4 is 9.47 Å². The molecule has 4 rings (SSSR count). The van der Waals surface area contributed by atoms with Gasteiger partial charge < -0.3 is 14.4 Å². The zero-order chi connectivity index (χ0) is 21.8. The summed E-state index contributed by atoms with van der Waals surface area (Å²) in [4.78, 5) is 16.6. The third kappa shape index (κ3) is 4.42. The third-order valence-corrected chi connectivity index (χ3v) is 6.91. The van der Waals surface area contributed by atoms with Crippen LogP contribution in [0, 0.1) is 6.92 Å². The van der Waals surface area contributed by atoms with Gasteiger partial charge >= 0.3 is 0 Å². The fourth-order valence-electron chi connectivity index (χ4n) is 4.15. The number of carbonyl (C=O) groups excluding carboxylic acids is 1. The van der Waals surface area contributed by atoms with Gasteiger partial charge in [0.15, 0.2) is 11.5 Å². The smallest absolute Gasteiger partial charge is 0.233 e. The molecule has 0 N–H and O–H groups in total. The minimum Gasteiger partial charge on any atom is -0.493 e. The maximum Gasteiger partial charge on any atom is 0.233 e. The number of hydrogen-bond donors (Lipinski definition) is 0. The second kappa shape index (κ2) is 9.48. The molecular formula is C26H27NO3S. The summed E-state index contributed by atoms with van der Waals surface area (Å²) < 4.78 is 11.1. The Hall–Kier alpha value is -2.92. The van der Waals surface area contributed by atoms with E-state index in [-0.39, 0.29) is 11.9 Å². The topological polar surface area (TPSA) is 38.8 Å². The molecule has 5 heteroatoms. The number of benzene rings is 3. The average Bonchev–Trinajstić information content (AvgIpc) is 2.82. The monoisotopic (exact) mass is 433 g/mol. The summed E-state index contributed by atoms with van der Waals surface area (Å²) >= 11 is 1.61. The predicted octanol–water partition coefficient (Wildman–Crippen LogP) is 5.28. The number of rotatable bonds is 6. The Morgan fingerprint density at radius 2 is 1.68 bits per heavy atom. The van der Waals surface area contributed by atoms with E-state index in [0.717, 1.165) is 28.2 Å². The van der Waals surface area contributed by atoms with Gasteiger partial charge in [0.05, 0.1) is 26.0 Å². The van der Waals surface area contributed by atoms with Crippen molar-refractivity contribution in [3.05, 3.63) is 89.0 Å². The highest BCUT2D eigenvalue weighted by Crippen LogP contribution is 2.41. The lowest BCUT2D eigenvalue weighted by Crippen LogP contribution is -2.41. The molecule has 1 aliphatic heterocycles. The number of ether oxygens (including phenoxy) is 2. The van der Waals surface area contributed by atoms with Crippen molar-refractivity contribution in [2.45, 2.75) is 24.3 Å². The summed E-state index contributed by atoms with van der Waals surface area (Å²) in [6.07, 6.45) is 0.791. The first kappa shape index (κ1) is 21.3. The molecule has 0 saturated heterocycles. The van der Waals surface area contributed by atoms with Gasteiger partial charge in [0, 0.05) is 11.4 Å². The number of hydrogen-bond acceptors (Lipinski definition) is 4. The van der Waals surface area contributed by atoms with Crippen molar-refractivity contribution >= 4 is 17.7 Å². The molecular weight excluding hydrogens is 406 g/mol. The quantitative estimate of drug-likeness (QED) is 0.496. The molecule has 0 aliphatic carbocycles. The lowest BCUT2D eigenvalue weighted by molar-refractivity contribution is -0.130. The molecule has 3 aromatic carbocycles. The zero-order valence-corrected chi connectivity index (χ0v) is 18.9. The van der Waals surface area contributed by atoms with Crippen LogP contribution in [0.3, 0.4) is 0 Å². The third-order valence-electron chi connectivity index (χ3n) is 5.75. The molecule has 0 saturated carbocycles. The maximum atomic E-state index is 13.4. The summed E-state index contributed by atoms with van der Waals surface area (Å²) in [5.74, 6) is 1.97. The largest absolute Gasteiger partial charge is 0.493 e. The molecule has 1 unspecified atom stereocenters. The normalized spacial score (nSPS) is 15.3. The second-order valence-electron chi connectivity index (χ2n) is 7.61. The van der Waals surface area contributed by atoms with Crippen LogP contribution in [0.25, 0.3) is 0 Å². The molecule has 1 aliphatic rings. The summed E-state index contributed by atoms with van der Waals surface area (Å²) in [6.45, 7) is 2.76. The first-order valence-electron chi connectivity index (χ1n) is 10.4. The Morgan fingerprint density at radius 1 is 1.00 bits per heavy atom. The Balaban J connectivity index is 1.68. The van der Waals surface area contributed by atoms with Crippen LogP contribution in [0.5, 0.6) is 11.5 Å². The van der Waals surface area contributed by atoms with Crippen molar-refractivity contribution in [2.75, 3.05) is 26.5 Å². The molecule has 0 fully saturated rings. The summed E-state index contributed by atoms with van der Waals surface area (Å²) in [5, 5.41) is 0. The second-order valence-corrected chi connectivity index (χ2v) is 8.63. The number of amides is 1. The molecule has 1 heterocycles.